The summed E-state index contributed by atoms with van der Waals surface area (Å²) in [6.07, 6.45) is 1.54. The molecule has 5 aromatic rings. The highest BCUT2D eigenvalue weighted by atomic mass is 35.5. The third-order valence-corrected chi connectivity index (χ3v) is 9.15. The van der Waals surface area contributed by atoms with Crippen LogP contribution in [0.3, 0.4) is 0 Å². The van der Waals surface area contributed by atoms with E-state index in [4.69, 9.17) is 27.9 Å². The molecule has 0 saturated carbocycles. The number of nitrogens with zero attached hydrogens (tertiary/aromatic N) is 2. The van der Waals surface area contributed by atoms with E-state index in [0.717, 1.165) is 16.7 Å². The first-order valence-electron chi connectivity index (χ1n) is 13.9. The highest BCUT2D eigenvalue weighted by Crippen LogP contribution is 2.31. The number of sulfonamides is 1. The lowest BCUT2D eigenvalue weighted by molar-refractivity contribution is 0.0955. The van der Waals surface area contributed by atoms with Crippen LogP contribution in [0.4, 0.5) is 5.69 Å². The molecule has 0 aliphatic carbocycles. The van der Waals surface area contributed by atoms with Crippen molar-refractivity contribution in [3.8, 4) is 5.75 Å². The number of benzene rings is 5. The minimum Gasteiger partial charge on any atom is -0.489 e. The summed E-state index contributed by atoms with van der Waals surface area (Å²) in [5, 5.41) is 5.17. The fraction of sp³-hybridized carbons (Fsp3) is 0.0857. The van der Waals surface area contributed by atoms with Gasteiger partial charge in [-0.1, -0.05) is 71.7 Å². The SMILES string of the molecule is Cc1ccc(Cl)cc1N(Cc1ccc(C(=O)N/N=C/c2ccc(OCc3ccc(Cl)cc3)cc2)cc1)S(=O)(=O)c1ccccc1. The van der Waals surface area contributed by atoms with E-state index in [1.807, 2.05) is 55.5 Å². The Morgan fingerprint density at radius 1 is 0.822 bits per heavy atom. The van der Waals surface area contributed by atoms with Crippen LogP contribution in [0.2, 0.25) is 10.0 Å². The number of nitrogens with one attached hydrogen (secondary N) is 1. The number of aryl methyl sites for hydroxylation is 1. The van der Waals surface area contributed by atoms with Crippen molar-refractivity contribution in [3.05, 3.63) is 159 Å². The molecule has 0 bridgehead atoms. The summed E-state index contributed by atoms with van der Waals surface area (Å²) in [4.78, 5) is 12.9. The van der Waals surface area contributed by atoms with Crippen LogP contribution >= 0.6 is 23.2 Å². The topological polar surface area (TPSA) is 88.1 Å². The molecular weight excluding hydrogens is 629 g/mol. The zero-order valence-corrected chi connectivity index (χ0v) is 26.6. The Morgan fingerprint density at radius 2 is 1.47 bits per heavy atom. The van der Waals surface area contributed by atoms with Gasteiger partial charge in [0.05, 0.1) is 23.3 Å². The van der Waals surface area contributed by atoms with Crippen molar-refractivity contribution in [2.24, 2.45) is 5.10 Å². The van der Waals surface area contributed by atoms with Gasteiger partial charge >= 0.3 is 0 Å². The quantitative estimate of drug-likeness (QED) is 0.115. The molecule has 1 amide bonds. The molecule has 7 nitrogen and oxygen atoms in total. The number of anilines is 1. The molecular formula is C35H29Cl2N3O4S. The van der Waals surface area contributed by atoms with Gasteiger partial charge in [-0.25, -0.2) is 13.8 Å². The molecule has 0 spiro atoms. The molecule has 5 aromatic carbocycles. The average molecular weight is 659 g/mol. The van der Waals surface area contributed by atoms with Gasteiger partial charge < -0.3 is 4.74 Å². The lowest BCUT2D eigenvalue weighted by Crippen LogP contribution is -2.31. The summed E-state index contributed by atoms with van der Waals surface area (Å²) in [6, 6.07) is 34.8. The molecule has 5 rings (SSSR count). The van der Waals surface area contributed by atoms with Crippen molar-refractivity contribution in [2.75, 3.05) is 4.31 Å². The first-order chi connectivity index (χ1) is 21.7. The molecule has 10 heteroatoms. The van der Waals surface area contributed by atoms with E-state index in [1.165, 1.54) is 10.5 Å². The van der Waals surface area contributed by atoms with Gasteiger partial charge in [-0.3, -0.25) is 9.10 Å². The summed E-state index contributed by atoms with van der Waals surface area (Å²) in [5.41, 5.74) is 6.60. The van der Waals surface area contributed by atoms with Gasteiger partial charge in [0.2, 0.25) is 0 Å². The van der Waals surface area contributed by atoms with E-state index in [1.54, 1.807) is 72.8 Å². The molecule has 0 aliphatic rings. The predicted octanol–water partition coefficient (Wildman–Crippen LogP) is 8.04. The summed E-state index contributed by atoms with van der Waals surface area (Å²) < 4.78 is 34.6. The molecule has 45 heavy (non-hydrogen) atoms. The fourth-order valence-corrected chi connectivity index (χ4v) is 6.25. The monoisotopic (exact) mass is 657 g/mol. The fourth-order valence-electron chi connectivity index (χ4n) is 4.43. The lowest BCUT2D eigenvalue weighted by atomic mass is 10.1. The van der Waals surface area contributed by atoms with Gasteiger partial charge in [0.15, 0.2) is 0 Å². The van der Waals surface area contributed by atoms with Gasteiger partial charge in [0.1, 0.15) is 12.4 Å². The minimum atomic E-state index is -3.91. The van der Waals surface area contributed by atoms with Crippen LogP contribution in [-0.4, -0.2) is 20.5 Å². The Kier molecular flexibility index (Phi) is 10.2. The highest BCUT2D eigenvalue weighted by Gasteiger charge is 2.26. The Bertz CT molecular complexity index is 1900. The number of hydrogen-bond donors (Lipinski definition) is 1. The smallest absolute Gasteiger partial charge is 0.271 e. The number of hydrogen-bond acceptors (Lipinski definition) is 5. The van der Waals surface area contributed by atoms with E-state index >= 15 is 0 Å². The van der Waals surface area contributed by atoms with E-state index in [9.17, 15) is 13.2 Å². The predicted molar refractivity (Wildman–Crippen MR) is 180 cm³/mol. The van der Waals surface area contributed by atoms with Crippen molar-refractivity contribution in [3.63, 3.8) is 0 Å². The van der Waals surface area contributed by atoms with Crippen molar-refractivity contribution in [1.82, 2.24) is 5.43 Å². The van der Waals surface area contributed by atoms with Crippen molar-refractivity contribution < 1.29 is 17.9 Å². The van der Waals surface area contributed by atoms with Crippen LogP contribution in [0.5, 0.6) is 5.75 Å². The summed E-state index contributed by atoms with van der Waals surface area (Å²) >= 11 is 12.2. The number of ether oxygens (including phenoxy) is 1. The standard InChI is InChI=1S/C35H29Cl2N3O4S/c1-25-7-16-31(37)21-34(25)40(45(42,43)33-5-3-2-4-6-33)23-27-8-14-29(15-9-27)35(41)39-38-22-26-12-19-32(20-13-26)44-24-28-10-17-30(36)18-11-28/h2-22H,23-24H2,1H3,(H,39,41)/b38-22+. The molecule has 0 atom stereocenters. The van der Waals surface area contributed by atoms with Crippen molar-refractivity contribution in [2.45, 2.75) is 25.0 Å². The molecule has 0 aromatic heterocycles. The highest BCUT2D eigenvalue weighted by molar-refractivity contribution is 7.92. The summed E-state index contributed by atoms with van der Waals surface area (Å²) in [7, 11) is -3.91. The number of rotatable bonds is 11. The zero-order valence-electron chi connectivity index (χ0n) is 24.2. The third-order valence-electron chi connectivity index (χ3n) is 6.89. The van der Waals surface area contributed by atoms with E-state index in [0.29, 0.717) is 39.2 Å². The van der Waals surface area contributed by atoms with E-state index < -0.39 is 15.9 Å². The van der Waals surface area contributed by atoms with Crippen LogP contribution in [0.15, 0.2) is 131 Å². The van der Waals surface area contributed by atoms with Crippen LogP contribution in [0.25, 0.3) is 0 Å². The van der Waals surface area contributed by atoms with Crippen molar-refractivity contribution in [1.29, 1.82) is 0 Å². The number of carbonyl (C=O) groups excluding carboxylic acids is 1. The molecule has 1 N–H and O–H groups in total. The van der Waals surface area contributed by atoms with Crippen LogP contribution in [0.1, 0.15) is 32.6 Å². The molecule has 0 aliphatic heterocycles. The number of halogens is 2. The molecule has 0 heterocycles. The van der Waals surface area contributed by atoms with Gasteiger partial charge in [-0.2, -0.15) is 5.10 Å². The van der Waals surface area contributed by atoms with Crippen LogP contribution < -0.4 is 14.5 Å². The zero-order chi connectivity index (χ0) is 31.8. The Labute approximate surface area is 272 Å². The van der Waals surface area contributed by atoms with Crippen LogP contribution in [0, 0.1) is 6.92 Å². The normalized spacial score (nSPS) is 11.4. The molecule has 0 saturated heterocycles. The second-order valence-electron chi connectivity index (χ2n) is 10.1. The average Bonchev–Trinajstić information content (AvgIpc) is 3.06. The van der Waals surface area contributed by atoms with Gasteiger partial charge in [-0.15, -0.1) is 0 Å². The van der Waals surface area contributed by atoms with Gasteiger partial charge in [0, 0.05) is 15.6 Å². The maximum atomic E-state index is 13.7. The first kappa shape index (κ1) is 31.8. The van der Waals surface area contributed by atoms with Gasteiger partial charge in [0.25, 0.3) is 15.9 Å². The van der Waals surface area contributed by atoms with Crippen molar-refractivity contribution >= 4 is 51.0 Å². The third kappa shape index (κ3) is 8.30. The second-order valence-corrected chi connectivity index (χ2v) is 12.9. The number of amides is 1. The maximum absolute atomic E-state index is 13.7. The largest absolute Gasteiger partial charge is 0.489 e. The molecule has 0 radical (unpaired) electrons. The Morgan fingerprint density at radius 3 is 2.16 bits per heavy atom. The second kappa shape index (κ2) is 14.4. The maximum Gasteiger partial charge on any atom is 0.271 e. The van der Waals surface area contributed by atoms with Crippen LogP contribution in [-0.2, 0) is 23.2 Å². The lowest BCUT2D eigenvalue weighted by Gasteiger charge is -2.26. The Balaban J connectivity index is 1.22. The summed E-state index contributed by atoms with van der Waals surface area (Å²) in [6.45, 7) is 2.29. The molecule has 228 valence electrons. The number of carbonyl (C=O) groups is 1. The summed E-state index contributed by atoms with van der Waals surface area (Å²) in [5.74, 6) is 0.298. The molecule has 0 fully saturated rings. The minimum absolute atomic E-state index is 0.0396. The number of hydrazone groups is 1. The molecule has 0 unspecified atom stereocenters. The van der Waals surface area contributed by atoms with E-state index in [-0.39, 0.29) is 11.4 Å². The van der Waals surface area contributed by atoms with Gasteiger partial charge in [-0.05, 0) is 102 Å². The first-order valence-corrected chi connectivity index (χ1v) is 16.1. The van der Waals surface area contributed by atoms with E-state index in [2.05, 4.69) is 10.5 Å². The Hall–Kier alpha value is -4.63.